The number of aryl methyl sites for hydroxylation is 1. The van der Waals surface area contributed by atoms with E-state index in [9.17, 15) is 9.90 Å². The van der Waals surface area contributed by atoms with Gasteiger partial charge in [-0.3, -0.25) is 0 Å². The molecule has 9 heteroatoms. The molecule has 0 saturated carbocycles. The maximum Gasteiger partial charge on any atom is 0.281 e. The number of hydrogen-bond acceptors (Lipinski definition) is 8. The number of nitrogens with zero attached hydrogens (tertiary/aromatic N) is 2. The lowest BCUT2D eigenvalue weighted by Crippen LogP contribution is -2.23. The average molecular weight is 394 g/mol. The molecule has 1 heterocycles. The minimum Gasteiger partial charge on any atom is -0.544 e. The second-order valence-electron chi connectivity index (χ2n) is 4.74. The molecule has 2 aromatic rings. The van der Waals surface area contributed by atoms with E-state index in [0.29, 0.717) is 29.6 Å². The highest BCUT2D eigenvalue weighted by atomic mass is 35.5. The maximum atomic E-state index is 11.4. The SMILES string of the molecule is C#CCOc1c(Cl)cc(/C=C(/Sc2nnc(C)o2)C(=O)[O-])cc1OCC. The number of benzene rings is 1. The molecular weight excluding hydrogens is 380 g/mol. The Hall–Kier alpha value is -2.63. The molecule has 0 saturated heterocycles. The largest absolute Gasteiger partial charge is 0.544 e. The minimum atomic E-state index is -1.40. The van der Waals surface area contributed by atoms with Crippen molar-refractivity contribution in [3.05, 3.63) is 33.5 Å². The van der Waals surface area contributed by atoms with Gasteiger partial charge >= 0.3 is 0 Å². The van der Waals surface area contributed by atoms with E-state index >= 15 is 0 Å². The van der Waals surface area contributed by atoms with Gasteiger partial charge in [-0.25, -0.2) is 0 Å². The van der Waals surface area contributed by atoms with Crippen LogP contribution in [0.1, 0.15) is 18.4 Å². The first kappa shape index (κ1) is 19.7. The van der Waals surface area contributed by atoms with Crippen LogP contribution < -0.4 is 14.6 Å². The Labute approximate surface area is 159 Å². The molecule has 0 unspecified atom stereocenters. The van der Waals surface area contributed by atoms with Gasteiger partial charge in [-0.05, 0) is 42.5 Å². The summed E-state index contributed by atoms with van der Waals surface area (Å²) in [5, 5.41) is 19.1. The number of carbonyl (C=O) groups excluding carboxylic acids is 1. The van der Waals surface area contributed by atoms with Gasteiger partial charge < -0.3 is 23.8 Å². The van der Waals surface area contributed by atoms with Crippen molar-refractivity contribution in [2.45, 2.75) is 19.1 Å². The van der Waals surface area contributed by atoms with Crippen LogP contribution in [0.25, 0.3) is 6.08 Å². The predicted molar refractivity (Wildman–Crippen MR) is 94.8 cm³/mol. The Balaban J connectivity index is 2.39. The summed E-state index contributed by atoms with van der Waals surface area (Å²) in [6.45, 7) is 3.77. The molecule has 0 aliphatic rings. The Morgan fingerprint density at radius 3 is 2.81 bits per heavy atom. The average Bonchev–Trinajstić information content (AvgIpc) is 2.99. The summed E-state index contributed by atoms with van der Waals surface area (Å²) in [5.74, 6) is 1.90. The summed E-state index contributed by atoms with van der Waals surface area (Å²) in [5.41, 5.74) is 0.467. The molecule has 0 N–H and O–H groups in total. The van der Waals surface area contributed by atoms with Crippen LogP contribution in [0.5, 0.6) is 11.5 Å². The third kappa shape index (κ3) is 5.18. The first-order valence-corrected chi connectivity index (χ1v) is 8.57. The Morgan fingerprint density at radius 2 is 2.23 bits per heavy atom. The topological polar surface area (TPSA) is 97.5 Å². The lowest BCUT2D eigenvalue weighted by Gasteiger charge is -2.13. The van der Waals surface area contributed by atoms with Crippen molar-refractivity contribution in [3.63, 3.8) is 0 Å². The second-order valence-corrected chi connectivity index (χ2v) is 6.14. The zero-order chi connectivity index (χ0) is 19.1. The number of halogens is 1. The molecule has 0 aliphatic heterocycles. The van der Waals surface area contributed by atoms with Crippen molar-refractivity contribution in [2.24, 2.45) is 0 Å². The molecule has 7 nitrogen and oxygen atoms in total. The van der Waals surface area contributed by atoms with Crippen molar-refractivity contribution in [1.29, 1.82) is 0 Å². The quantitative estimate of drug-likeness (QED) is 0.383. The number of aliphatic carboxylic acids is 1. The van der Waals surface area contributed by atoms with E-state index in [1.165, 1.54) is 12.1 Å². The van der Waals surface area contributed by atoms with Gasteiger partial charge in [0.25, 0.3) is 5.22 Å². The fourth-order valence-electron chi connectivity index (χ4n) is 1.88. The standard InChI is InChI=1S/C17H15ClN2O5S/c1-4-6-24-15-12(18)7-11(8-13(15)23-5-2)9-14(16(21)22)26-17-20-19-10(3)25-17/h1,7-9H,5-6H2,2-3H3,(H,21,22)/p-1/b14-9+. The van der Waals surface area contributed by atoms with E-state index in [0.717, 1.165) is 11.8 Å². The van der Waals surface area contributed by atoms with Crippen LogP contribution in [0.15, 0.2) is 26.7 Å². The molecule has 0 radical (unpaired) electrons. The maximum absolute atomic E-state index is 11.4. The van der Waals surface area contributed by atoms with Gasteiger partial charge in [0.05, 0.1) is 17.6 Å². The van der Waals surface area contributed by atoms with E-state index in [2.05, 4.69) is 16.1 Å². The number of rotatable bonds is 8. The highest BCUT2D eigenvalue weighted by Gasteiger charge is 2.14. The highest BCUT2D eigenvalue weighted by Crippen LogP contribution is 2.38. The van der Waals surface area contributed by atoms with E-state index in [1.54, 1.807) is 19.9 Å². The summed E-state index contributed by atoms with van der Waals surface area (Å²) in [7, 11) is 0. The predicted octanol–water partition coefficient (Wildman–Crippen LogP) is 2.33. The molecular formula is C17H14ClN2O5S-. The van der Waals surface area contributed by atoms with Gasteiger partial charge in [-0.15, -0.1) is 16.6 Å². The van der Waals surface area contributed by atoms with Crippen LogP contribution in [-0.4, -0.2) is 29.4 Å². The fraction of sp³-hybridized carbons (Fsp3) is 0.235. The molecule has 2 rings (SSSR count). The van der Waals surface area contributed by atoms with Gasteiger partial charge in [0.2, 0.25) is 5.89 Å². The molecule has 0 atom stereocenters. The third-order valence-corrected chi connectivity index (χ3v) is 3.96. The molecule has 0 amide bonds. The van der Waals surface area contributed by atoms with E-state index in [-0.39, 0.29) is 21.8 Å². The molecule has 26 heavy (non-hydrogen) atoms. The zero-order valence-electron chi connectivity index (χ0n) is 13.9. The Bertz CT molecular complexity index is 873. The molecule has 1 aromatic heterocycles. The number of carboxylic acids is 1. The number of terminal acetylenes is 1. The van der Waals surface area contributed by atoms with Crippen molar-refractivity contribution in [2.75, 3.05) is 13.2 Å². The van der Waals surface area contributed by atoms with E-state index in [1.807, 2.05) is 0 Å². The highest BCUT2D eigenvalue weighted by molar-refractivity contribution is 8.03. The molecule has 0 spiro atoms. The Morgan fingerprint density at radius 1 is 1.46 bits per heavy atom. The number of ether oxygens (including phenoxy) is 2. The molecule has 136 valence electrons. The minimum absolute atomic E-state index is 0.0195. The summed E-state index contributed by atoms with van der Waals surface area (Å²) in [6.07, 6.45) is 6.55. The third-order valence-electron chi connectivity index (χ3n) is 2.84. The normalized spacial score (nSPS) is 11.1. The number of carbonyl (C=O) groups is 1. The van der Waals surface area contributed by atoms with Gasteiger partial charge in [0, 0.05) is 11.8 Å². The summed E-state index contributed by atoms with van der Waals surface area (Å²) in [6, 6.07) is 3.11. The number of thioether (sulfide) groups is 1. The summed E-state index contributed by atoms with van der Waals surface area (Å²) in [4.78, 5) is 11.3. The van der Waals surface area contributed by atoms with Crippen molar-refractivity contribution in [3.8, 4) is 23.8 Å². The van der Waals surface area contributed by atoms with E-state index in [4.69, 9.17) is 31.9 Å². The zero-order valence-corrected chi connectivity index (χ0v) is 15.5. The monoisotopic (exact) mass is 393 g/mol. The Kier molecular flexibility index (Phi) is 6.95. The van der Waals surface area contributed by atoms with E-state index < -0.39 is 5.97 Å². The van der Waals surface area contributed by atoms with Gasteiger partial charge in [0.1, 0.15) is 6.61 Å². The van der Waals surface area contributed by atoms with Gasteiger partial charge in [0.15, 0.2) is 11.5 Å². The van der Waals surface area contributed by atoms with Gasteiger partial charge in [-0.2, -0.15) is 0 Å². The summed E-state index contributed by atoms with van der Waals surface area (Å²) >= 11 is 6.99. The molecule has 0 fully saturated rings. The van der Waals surface area contributed by atoms with Crippen LogP contribution >= 0.6 is 23.4 Å². The first-order chi connectivity index (χ1) is 12.4. The van der Waals surface area contributed by atoms with Crippen LogP contribution in [0.2, 0.25) is 5.02 Å². The van der Waals surface area contributed by atoms with Crippen LogP contribution in [0, 0.1) is 19.3 Å². The molecule has 0 bridgehead atoms. The lowest BCUT2D eigenvalue weighted by molar-refractivity contribution is -0.298. The second kappa shape index (κ2) is 9.17. The van der Waals surface area contributed by atoms with Crippen LogP contribution in [0.3, 0.4) is 0 Å². The first-order valence-electron chi connectivity index (χ1n) is 7.38. The lowest BCUT2D eigenvalue weighted by atomic mass is 10.2. The summed E-state index contributed by atoms with van der Waals surface area (Å²) < 4.78 is 16.1. The smallest absolute Gasteiger partial charge is 0.281 e. The van der Waals surface area contributed by atoms with Crippen molar-refractivity contribution >= 4 is 35.4 Å². The van der Waals surface area contributed by atoms with Crippen LogP contribution in [-0.2, 0) is 4.79 Å². The number of hydrogen-bond donors (Lipinski definition) is 0. The molecule has 1 aromatic carbocycles. The number of carboxylic acid groups (broad SMARTS) is 1. The van der Waals surface area contributed by atoms with Crippen molar-refractivity contribution < 1.29 is 23.8 Å². The molecule has 0 aliphatic carbocycles. The number of aromatic nitrogens is 2. The van der Waals surface area contributed by atoms with Crippen LogP contribution in [0.4, 0.5) is 0 Å². The van der Waals surface area contributed by atoms with Gasteiger partial charge in [-0.1, -0.05) is 17.5 Å². The van der Waals surface area contributed by atoms with Crippen molar-refractivity contribution in [1.82, 2.24) is 10.2 Å². The fourth-order valence-corrected chi connectivity index (χ4v) is 2.87.